The molecule has 4 rings (SSSR count). The van der Waals surface area contributed by atoms with E-state index in [1.165, 1.54) is 15.5 Å². The van der Waals surface area contributed by atoms with Crippen molar-refractivity contribution in [1.82, 2.24) is 4.98 Å². The molecule has 2 unspecified atom stereocenters. The standard InChI is InChI=1S/C13H10BrNOS3/c14-7-1-2-9-8(3-7)10-6(4-16-9)5-18-12-11(10)19-13(17)15-12/h1-3,6,10H,4-5H2,(H,15,17). The molecule has 0 saturated carbocycles. The van der Waals surface area contributed by atoms with E-state index in [0.717, 1.165) is 26.5 Å². The van der Waals surface area contributed by atoms with Gasteiger partial charge >= 0.3 is 0 Å². The minimum Gasteiger partial charge on any atom is -0.493 e. The van der Waals surface area contributed by atoms with Crippen molar-refractivity contribution in [3.05, 3.63) is 37.1 Å². The van der Waals surface area contributed by atoms with E-state index in [1.807, 2.05) is 17.8 Å². The molecule has 98 valence electrons. The molecule has 1 aromatic carbocycles. The van der Waals surface area contributed by atoms with Gasteiger partial charge < -0.3 is 9.72 Å². The fourth-order valence-electron chi connectivity index (χ4n) is 2.77. The molecule has 0 fully saturated rings. The molecule has 3 heterocycles. The molecule has 2 aromatic rings. The smallest absolute Gasteiger partial charge is 0.159 e. The molecule has 0 saturated heterocycles. The molecule has 2 atom stereocenters. The van der Waals surface area contributed by atoms with E-state index in [0.29, 0.717) is 11.8 Å². The van der Waals surface area contributed by atoms with Gasteiger partial charge in [0, 0.05) is 32.5 Å². The molecule has 0 aliphatic carbocycles. The van der Waals surface area contributed by atoms with Crippen LogP contribution in [0.1, 0.15) is 16.4 Å². The van der Waals surface area contributed by atoms with Gasteiger partial charge in [-0.2, -0.15) is 0 Å². The highest BCUT2D eigenvalue weighted by atomic mass is 79.9. The molecule has 1 N–H and O–H groups in total. The number of hydrogen-bond acceptors (Lipinski definition) is 4. The topological polar surface area (TPSA) is 25.0 Å². The summed E-state index contributed by atoms with van der Waals surface area (Å²) in [5, 5.41) is 1.25. The lowest BCUT2D eigenvalue weighted by Gasteiger charge is -2.36. The quantitative estimate of drug-likeness (QED) is 0.672. The largest absolute Gasteiger partial charge is 0.493 e. The van der Waals surface area contributed by atoms with E-state index >= 15 is 0 Å². The highest BCUT2D eigenvalue weighted by Crippen LogP contribution is 2.51. The Kier molecular flexibility index (Phi) is 3.02. The van der Waals surface area contributed by atoms with E-state index in [9.17, 15) is 0 Å². The van der Waals surface area contributed by atoms with Crippen molar-refractivity contribution in [2.75, 3.05) is 12.4 Å². The number of fused-ring (bicyclic) bond motifs is 5. The summed E-state index contributed by atoms with van der Waals surface area (Å²) in [4.78, 5) is 4.70. The van der Waals surface area contributed by atoms with E-state index in [4.69, 9.17) is 17.0 Å². The highest BCUT2D eigenvalue weighted by Gasteiger charge is 2.38. The molecule has 0 amide bonds. The molecule has 1 aromatic heterocycles. The number of halogens is 1. The fraction of sp³-hybridized carbons (Fsp3) is 0.308. The Morgan fingerprint density at radius 3 is 3.21 bits per heavy atom. The molecule has 0 spiro atoms. The van der Waals surface area contributed by atoms with Gasteiger partial charge in [0.05, 0.1) is 11.6 Å². The van der Waals surface area contributed by atoms with Crippen molar-refractivity contribution >= 4 is 51.2 Å². The van der Waals surface area contributed by atoms with E-state index in [1.54, 1.807) is 11.3 Å². The molecular weight excluding hydrogens is 362 g/mol. The second-order valence-corrected chi connectivity index (χ2v) is 8.41. The molecule has 19 heavy (non-hydrogen) atoms. The van der Waals surface area contributed by atoms with Crippen molar-refractivity contribution in [2.24, 2.45) is 5.92 Å². The number of aromatic amines is 1. The number of aromatic nitrogens is 1. The molecule has 2 nitrogen and oxygen atoms in total. The predicted molar refractivity (Wildman–Crippen MR) is 85.2 cm³/mol. The number of hydrogen-bond donors (Lipinski definition) is 1. The van der Waals surface area contributed by atoms with Crippen LogP contribution in [0, 0.1) is 9.87 Å². The van der Waals surface area contributed by atoms with Gasteiger partial charge in [0.15, 0.2) is 3.95 Å². The molecule has 0 radical (unpaired) electrons. The van der Waals surface area contributed by atoms with Crippen LogP contribution in [0.4, 0.5) is 0 Å². The molecule has 2 aliphatic rings. The number of rotatable bonds is 0. The molecular formula is C13H10BrNOS3. The van der Waals surface area contributed by atoms with Crippen LogP contribution in [0.5, 0.6) is 5.75 Å². The van der Waals surface area contributed by atoms with Crippen LogP contribution >= 0.6 is 51.2 Å². The third-order valence-corrected chi connectivity index (χ3v) is 6.74. The van der Waals surface area contributed by atoms with Crippen molar-refractivity contribution in [1.29, 1.82) is 0 Å². The lowest BCUT2D eigenvalue weighted by Crippen LogP contribution is -2.30. The summed E-state index contributed by atoms with van der Waals surface area (Å²) in [6, 6.07) is 6.29. The maximum atomic E-state index is 5.90. The number of ether oxygens (including phenoxy) is 1. The first-order valence-electron chi connectivity index (χ1n) is 6.00. The maximum absolute atomic E-state index is 5.90. The van der Waals surface area contributed by atoms with E-state index in [2.05, 4.69) is 33.0 Å². The first-order valence-corrected chi connectivity index (χ1v) is 9.01. The third-order valence-electron chi connectivity index (χ3n) is 3.60. The van der Waals surface area contributed by atoms with Gasteiger partial charge in [-0.05, 0) is 30.4 Å². The van der Waals surface area contributed by atoms with Crippen LogP contribution < -0.4 is 4.74 Å². The Hall–Kier alpha value is -0.300. The Bertz CT molecular complexity index is 708. The predicted octanol–water partition coefficient (Wildman–Crippen LogP) is 4.81. The zero-order chi connectivity index (χ0) is 13.0. The van der Waals surface area contributed by atoms with Crippen LogP contribution in [0.3, 0.4) is 0 Å². The normalized spacial score (nSPS) is 24.1. The van der Waals surface area contributed by atoms with E-state index < -0.39 is 0 Å². The Morgan fingerprint density at radius 1 is 1.42 bits per heavy atom. The maximum Gasteiger partial charge on any atom is 0.159 e. The van der Waals surface area contributed by atoms with Crippen molar-refractivity contribution in [3.63, 3.8) is 0 Å². The van der Waals surface area contributed by atoms with Gasteiger partial charge in [-0.25, -0.2) is 0 Å². The van der Waals surface area contributed by atoms with Crippen LogP contribution in [0.15, 0.2) is 27.7 Å². The minimum atomic E-state index is 0.426. The summed E-state index contributed by atoms with van der Waals surface area (Å²) in [7, 11) is 0. The number of benzene rings is 1. The third kappa shape index (κ3) is 2.00. The summed E-state index contributed by atoms with van der Waals surface area (Å²) in [6.07, 6.45) is 0. The first-order chi connectivity index (χ1) is 9.22. The number of thioether (sulfide) groups is 1. The number of H-pyrrole nitrogens is 1. The van der Waals surface area contributed by atoms with Gasteiger partial charge in [-0.1, -0.05) is 15.9 Å². The zero-order valence-electron chi connectivity index (χ0n) is 9.81. The summed E-state index contributed by atoms with van der Waals surface area (Å²) in [5.41, 5.74) is 1.29. The second kappa shape index (κ2) is 4.62. The van der Waals surface area contributed by atoms with Crippen LogP contribution in [0.25, 0.3) is 0 Å². The van der Waals surface area contributed by atoms with Crippen molar-refractivity contribution in [3.8, 4) is 5.75 Å². The Labute approximate surface area is 132 Å². The fourth-order valence-corrected chi connectivity index (χ4v) is 6.01. The second-order valence-electron chi connectivity index (χ2n) is 4.75. The van der Waals surface area contributed by atoms with Gasteiger partial charge in [-0.3, -0.25) is 0 Å². The lowest BCUT2D eigenvalue weighted by molar-refractivity contribution is 0.219. The van der Waals surface area contributed by atoms with Crippen molar-refractivity contribution < 1.29 is 4.74 Å². The van der Waals surface area contributed by atoms with Gasteiger partial charge in [-0.15, -0.1) is 23.1 Å². The zero-order valence-corrected chi connectivity index (χ0v) is 13.8. The molecule has 2 aliphatic heterocycles. The van der Waals surface area contributed by atoms with Gasteiger partial charge in [0.1, 0.15) is 5.75 Å². The van der Waals surface area contributed by atoms with Gasteiger partial charge in [0.25, 0.3) is 0 Å². The SMILES string of the molecule is S=c1[nH]c2c(s1)C1c3cc(Br)ccc3OCC1CS2. The Balaban J connectivity index is 1.94. The number of nitrogens with one attached hydrogen (secondary N) is 1. The average molecular weight is 372 g/mol. The van der Waals surface area contributed by atoms with Crippen LogP contribution in [-0.2, 0) is 0 Å². The first kappa shape index (κ1) is 12.4. The summed E-state index contributed by atoms with van der Waals surface area (Å²) in [6.45, 7) is 0.802. The van der Waals surface area contributed by atoms with Gasteiger partial charge in [0.2, 0.25) is 0 Å². The minimum absolute atomic E-state index is 0.426. The Morgan fingerprint density at radius 2 is 2.32 bits per heavy atom. The highest BCUT2D eigenvalue weighted by molar-refractivity contribution is 9.10. The monoisotopic (exact) mass is 371 g/mol. The van der Waals surface area contributed by atoms with E-state index in [-0.39, 0.29) is 0 Å². The summed E-state index contributed by atoms with van der Waals surface area (Å²) < 4.78 is 7.89. The average Bonchev–Trinajstić information content (AvgIpc) is 2.78. The van der Waals surface area contributed by atoms with Crippen LogP contribution in [-0.4, -0.2) is 17.3 Å². The van der Waals surface area contributed by atoms with Crippen molar-refractivity contribution in [2.45, 2.75) is 10.9 Å². The number of thiazole rings is 1. The van der Waals surface area contributed by atoms with Crippen LogP contribution in [0.2, 0.25) is 0 Å². The lowest BCUT2D eigenvalue weighted by atomic mass is 9.84. The molecule has 6 heteroatoms. The molecule has 0 bridgehead atoms. The summed E-state index contributed by atoms with van der Waals surface area (Å²) >= 11 is 12.5. The summed E-state index contributed by atoms with van der Waals surface area (Å²) in [5.74, 6) is 3.07.